The van der Waals surface area contributed by atoms with Gasteiger partial charge in [0.05, 0.1) is 5.69 Å². The van der Waals surface area contributed by atoms with Gasteiger partial charge in [-0.05, 0) is 49.0 Å². The molecular weight excluding hydrogens is 312 g/mol. The Balaban J connectivity index is 1.65. The molecule has 4 nitrogen and oxygen atoms in total. The van der Waals surface area contributed by atoms with Gasteiger partial charge in [0.15, 0.2) is 5.76 Å². The summed E-state index contributed by atoms with van der Waals surface area (Å²) in [7, 11) is 2.00. The number of aromatic nitrogens is 1. The van der Waals surface area contributed by atoms with E-state index in [0.717, 1.165) is 29.1 Å². The number of nitrogens with zero attached hydrogens (tertiary/aromatic N) is 2. The van der Waals surface area contributed by atoms with Gasteiger partial charge in [0.25, 0.3) is 0 Å². The van der Waals surface area contributed by atoms with Gasteiger partial charge in [0, 0.05) is 29.7 Å². The van der Waals surface area contributed by atoms with E-state index >= 15 is 0 Å². The number of rotatable bonds is 5. The van der Waals surface area contributed by atoms with Crippen molar-refractivity contribution in [1.29, 1.82) is 0 Å². The monoisotopic (exact) mass is 328 g/mol. The van der Waals surface area contributed by atoms with Gasteiger partial charge in [0.1, 0.15) is 5.75 Å². The fourth-order valence-electron chi connectivity index (χ4n) is 2.44. The first-order valence-corrected chi connectivity index (χ1v) is 7.66. The molecule has 0 amide bonds. The maximum Gasteiger partial charge on any atom is 0.167 e. The quantitative estimate of drug-likeness (QED) is 0.757. The van der Waals surface area contributed by atoms with Gasteiger partial charge in [0.2, 0.25) is 0 Å². The lowest BCUT2D eigenvalue weighted by atomic mass is 10.1. The summed E-state index contributed by atoms with van der Waals surface area (Å²) in [4.78, 5) is 2.11. The Hall–Kier alpha value is -2.30. The van der Waals surface area contributed by atoms with Crippen molar-refractivity contribution >= 4 is 11.6 Å². The van der Waals surface area contributed by atoms with Crippen LogP contribution < -0.4 is 0 Å². The van der Waals surface area contributed by atoms with Gasteiger partial charge in [-0.2, -0.15) is 0 Å². The van der Waals surface area contributed by atoms with Crippen molar-refractivity contribution < 1.29 is 9.63 Å². The fourth-order valence-corrected chi connectivity index (χ4v) is 2.56. The van der Waals surface area contributed by atoms with Gasteiger partial charge in [-0.1, -0.05) is 28.9 Å². The number of hydrogen-bond donors (Lipinski definition) is 1. The second kappa shape index (κ2) is 6.86. The number of aromatic hydroxyl groups is 1. The highest BCUT2D eigenvalue weighted by molar-refractivity contribution is 6.30. The molecule has 0 aliphatic heterocycles. The summed E-state index contributed by atoms with van der Waals surface area (Å²) in [6.07, 6.45) is 0. The molecule has 1 heterocycles. The summed E-state index contributed by atoms with van der Waals surface area (Å²) in [6, 6.07) is 16.7. The Morgan fingerprint density at radius 1 is 1.09 bits per heavy atom. The zero-order valence-electron chi connectivity index (χ0n) is 12.7. The van der Waals surface area contributed by atoms with Gasteiger partial charge in [-0.25, -0.2) is 0 Å². The smallest absolute Gasteiger partial charge is 0.167 e. The molecule has 0 saturated carbocycles. The van der Waals surface area contributed by atoms with Crippen LogP contribution in [0.2, 0.25) is 5.02 Å². The van der Waals surface area contributed by atoms with Crippen molar-refractivity contribution in [2.75, 3.05) is 7.05 Å². The average molecular weight is 329 g/mol. The Morgan fingerprint density at radius 3 is 2.61 bits per heavy atom. The minimum Gasteiger partial charge on any atom is -0.508 e. The molecular formula is C18H17ClN2O2. The van der Waals surface area contributed by atoms with Gasteiger partial charge < -0.3 is 9.63 Å². The molecule has 0 aliphatic carbocycles. The third-order valence-corrected chi connectivity index (χ3v) is 3.73. The first-order chi connectivity index (χ1) is 11.1. The van der Waals surface area contributed by atoms with Crippen molar-refractivity contribution in [1.82, 2.24) is 10.1 Å². The summed E-state index contributed by atoms with van der Waals surface area (Å²) >= 11 is 5.89. The number of hydrogen-bond acceptors (Lipinski definition) is 4. The molecule has 0 unspecified atom stereocenters. The summed E-state index contributed by atoms with van der Waals surface area (Å²) in [6.45, 7) is 1.38. The van der Waals surface area contributed by atoms with Crippen LogP contribution in [0.3, 0.4) is 0 Å². The maximum absolute atomic E-state index is 9.51. The van der Waals surface area contributed by atoms with Crippen LogP contribution in [-0.2, 0) is 13.1 Å². The molecule has 5 heteroatoms. The molecule has 1 N–H and O–H groups in total. The van der Waals surface area contributed by atoms with E-state index in [9.17, 15) is 5.11 Å². The Kier molecular flexibility index (Phi) is 4.65. The molecule has 0 aliphatic rings. The molecule has 23 heavy (non-hydrogen) atoms. The van der Waals surface area contributed by atoms with E-state index in [2.05, 4.69) is 10.1 Å². The Bertz CT molecular complexity index is 784. The van der Waals surface area contributed by atoms with E-state index in [1.807, 2.05) is 49.5 Å². The summed E-state index contributed by atoms with van der Waals surface area (Å²) < 4.78 is 5.40. The van der Waals surface area contributed by atoms with E-state index in [-0.39, 0.29) is 5.75 Å². The van der Waals surface area contributed by atoms with E-state index in [1.54, 1.807) is 12.1 Å². The first-order valence-electron chi connectivity index (χ1n) is 7.28. The molecule has 0 bridgehead atoms. The second-order valence-electron chi connectivity index (χ2n) is 5.53. The summed E-state index contributed by atoms with van der Waals surface area (Å²) in [5, 5.41) is 14.3. The third-order valence-electron chi connectivity index (χ3n) is 3.48. The van der Waals surface area contributed by atoms with Crippen LogP contribution in [-0.4, -0.2) is 22.2 Å². The van der Waals surface area contributed by atoms with Crippen LogP contribution >= 0.6 is 11.6 Å². The first kappa shape index (κ1) is 15.6. The summed E-state index contributed by atoms with van der Waals surface area (Å²) in [5.41, 5.74) is 2.86. The molecule has 0 saturated heterocycles. The van der Waals surface area contributed by atoms with E-state index in [0.29, 0.717) is 11.6 Å². The zero-order chi connectivity index (χ0) is 16.2. The molecule has 0 fully saturated rings. The largest absolute Gasteiger partial charge is 0.508 e. The van der Waals surface area contributed by atoms with E-state index < -0.39 is 0 Å². The molecule has 2 aromatic carbocycles. The van der Waals surface area contributed by atoms with Gasteiger partial charge in [-0.15, -0.1) is 0 Å². The fraction of sp³-hybridized carbons (Fsp3) is 0.167. The minimum absolute atomic E-state index is 0.280. The SMILES string of the molecule is CN(Cc1cccc(O)c1)Cc1cc(-c2ccc(Cl)cc2)on1. The maximum atomic E-state index is 9.51. The van der Waals surface area contributed by atoms with Crippen molar-refractivity contribution in [2.24, 2.45) is 0 Å². The Labute approximate surface area is 139 Å². The van der Waals surface area contributed by atoms with E-state index in [1.165, 1.54) is 0 Å². The highest BCUT2D eigenvalue weighted by atomic mass is 35.5. The standard InChI is InChI=1S/C18H17ClN2O2/c1-21(11-13-3-2-4-17(22)9-13)12-16-10-18(23-20-16)14-5-7-15(19)8-6-14/h2-10,22H,11-12H2,1H3. The van der Waals surface area contributed by atoms with Crippen molar-refractivity contribution in [2.45, 2.75) is 13.1 Å². The van der Waals surface area contributed by atoms with Crippen LogP contribution in [0.15, 0.2) is 59.1 Å². The molecule has 118 valence electrons. The number of benzene rings is 2. The molecule has 0 spiro atoms. The molecule has 0 atom stereocenters. The number of phenols is 1. The molecule has 3 rings (SSSR count). The molecule has 1 aromatic heterocycles. The number of halogens is 1. The van der Waals surface area contributed by atoms with Crippen LogP contribution in [0.25, 0.3) is 11.3 Å². The minimum atomic E-state index is 0.280. The van der Waals surface area contributed by atoms with Crippen LogP contribution in [0.4, 0.5) is 0 Å². The summed E-state index contributed by atoms with van der Waals surface area (Å²) in [5.74, 6) is 1.00. The highest BCUT2D eigenvalue weighted by Crippen LogP contribution is 2.23. The highest BCUT2D eigenvalue weighted by Gasteiger charge is 2.09. The predicted octanol–water partition coefficient (Wildman–Crippen LogP) is 4.33. The predicted molar refractivity (Wildman–Crippen MR) is 90.2 cm³/mol. The molecule has 0 radical (unpaired) electrons. The molecule has 3 aromatic rings. The van der Waals surface area contributed by atoms with Crippen LogP contribution in [0, 0.1) is 0 Å². The topological polar surface area (TPSA) is 49.5 Å². The average Bonchev–Trinajstić information content (AvgIpc) is 2.96. The lowest BCUT2D eigenvalue weighted by Crippen LogP contribution is -2.17. The Morgan fingerprint density at radius 2 is 1.87 bits per heavy atom. The van der Waals surface area contributed by atoms with Crippen molar-refractivity contribution in [3.8, 4) is 17.1 Å². The lowest BCUT2D eigenvalue weighted by Gasteiger charge is -2.14. The van der Waals surface area contributed by atoms with Gasteiger partial charge in [-0.3, -0.25) is 4.90 Å². The van der Waals surface area contributed by atoms with Crippen LogP contribution in [0.5, 0.6) is 5.75 Å². The zero-order valence-corrected chi connectivity index (χ0v) is 13.5. The van der Waals surface area contributed by atoms with Crippen molar-refractivity contribution in [3.63, 3.8) is 0 Å². The lowest BCUT2D eigenvalue weighted by molar-refractivity contribution is 0.304. The van der Waals surface area contributed by atoms with Crippen LogP contribution in [0.1, 0.15) is 11.3 Å². The second-order valence-corrected chi connectivity index (χ2v) is 5.97. The van der Waals surface area contributed by atoms with Gasteiger partial charge >= 0.3 is 0 Å². The van der Waals surface area contributed by atoms with Crippen molar-refractivity contribution in [3.05, 3.63) is 70.9 Å². The van der Waals surface area contributed by atoms with E-state index in [4.69, 9.17) is 16.1 Å². The third kappa shape index (κ3) is 4.12. The number of phenolic OH excluding ortho intramolecular Hbond substituents is 1. The normalized spacial score (nSPS) is 11.1.